The van der Waals surface area contributed by atoms with Crippen molar-refractivity contribution in [1.82, 2.24) is 4.31 Å². The van der Waals surface area contributed by atoms with Crippen LogP contribution < -0.4 is 4.74 Å². The lowest BCUT2D eigenvalue weighted by Crippen LogP contribution is -2.39. The highest BCUT2D eigenvalue weighted by Gasteiger charge is 2.33. The van der Waals surface area contributed by atoms with Gasteiger partial charge in [-0.1, -0.05) is 18.2 Å². The molecule has 6 heteroatoms. The number of rotatable bonds is 4. The van der Waals surface area contributed by atoms with Crippen molar-refractivity contribution in [3.8, 4) is 5.75 Å². The summed E-state index contributed by atoms with van der Waals surface area (Å²) in [4.78, 5) is 0. The Bertz CT molecular complexity index is 834. The number of ether oxygens (including phenoxy) is 1. The van der Waals surface area contributed by atoms with Gasteiger partial charge < -0.3 is 4.74 Å². The Kier molecular flexibility index (Phi) is 4.60. The monoisotopic (exact) mass is 349 g/mol. The number of methoxy groups -OCH3 is 1. The molecule has 0 saturated carbocycles. The molecule has 24 heavy (non-hydrogen) atoms. The van der Waals surface area contributed by atoms with Crippen molar-refractivity contribution in [3.63, 3.8) is 0 Å². The van der Waals surface area contributed by atoms with Gasteiger partial charge in [-0.25, -0.2) is 12.8 Å². The SMILES string of the molecule is COc1ccc2c(c1)C(C)N(S(=O)(=O)Cc1ccc(F)cc1)CC2. The Morgan fingerprint density at radius 2 is 1.92 bits per heavy atom. The predicted octanol–water partition coefficient (Wildman–Crippen LogP) is 3.28. The molecule has 3 rings (SSSR count). The summed E-state index contributed by atoms with van der Waals surface area (Å²) in [7, 11) is -1.90. The quantitative estimate of drug-likeness (QED) is 0.851. The first-order valence-corrected chi connectivity index (χ1v) is 9.42. The maximum atomic E-state index is 13.0. The van der Waals surface area contributed by atoms with Crippen molar-refractivity contribution in [2.24, 2.45) is 0 Å². The van der Waals surface area contributed by atoms with E-state index in [1.807, 2.05) is 25.1 Å². The standard InChI is InChI=1S/C18H20FNO3S/c1-13-18-11-17(23-2)8-5-15(18)9-10-20(13)24(21,22)12-14-3-6-16(19)7-4-14/h3-8,11,13H,9-10,12H2,1-2H3. The van der Waals surface area contributed by atoms with E-state index in [0.29, 0.717) is 18.5 Å². The van der Waals surface area contributed by atoms with Crippen LogP contribution in [0.2, 0.25) is 0 Å². The van der Waals surface area contributed by atoms with Crippen LogP contribution >= 0.6 is 0 Å². The molecule has 1 atom stereocenters. The fourth-order valence-corrected chi connectivity index (χ4v) is 4.89. The Hall–Kier alpha value is -1.92. The summed E-state index contributed by atoms with van der Waals surface area (Å²) in [5, 5.41) is 0. The third-order valence-electron chi connectivity index (χ3n) is 4.46. The highest BCUT2D eigenvalue weighted by molar-refractivity contribution is 7.88. The number of benzene rings is 2. The minimum absolute atomic E-state index is 0.128. The maximum absolute atomic E-state index is 13.0. The van der Waals surface area contributed by atoms with Crippen LogP contribution in [0.1, 0.15) is 29.7 Å². The van der Waals surface area contributed by atoms with Crippen LogP contribution in [0, 0.1) is 5.82 Å². The molecule has 1 unspecified atom stereocenters. The Morgan fingerprint density at radius 1 is 1.21 bits per heavy atom. The summed E-state index contributed by atoms with van der Waals surface area (Å²) in [5.74, 6) is 0.221. The van der Waals surface area contributed by atoms with Gasteiger partial charge in [0.15, 0.2) is 0 Å². The van der Waals surface area contributed by atoms with Gasteiger partial charge in [-0.15, -0.1) is 0 Å². The molecule has 0 radical (unpaired) electrons. The molecular weight excluding hydrogens is 329 g/mol. The van der Waals surface area contributed by atoms with E-state index in [0.717, 1.165) is 16.9 Å². The fourth-order valence-electron chi connectivity index (χ4n) is 3.15. The van der Waals surface area contributed by atoms with E-state index in [2.05, 4.69) is 0 Å². The molecule has 0 spiro atoms. The van der Waals surface area contributed by atoms with E-state index in [4.69, 9.17) is 4.74 Å². The first-order chi connectivity index (χ1) is 11.4. The number of nitrogens with zero attached hydrogens (tertiary/aromatic N) is 1. The highest BCUT2D eigenvalue weighted by Crippen LogP contribution is 2.34. The van der Waals surface area contributed by atoms with Gasteiger partial charge in [-0.2, -0.15) is 4.31 Å². The van der Waals surface area contributed by atoms with Crippen LogP contribution in [-0.2, 0) is 22.2 Å². The molecule has 1 heterocycles. The lowest BCUT2D eigenvalue weighted by molar-refractivity contribution is 0.324. The second-order valence-corrected chi connectivity index (χ2v) is 7.91. The number of sulfonamides is 1. The summed E-state index contributed by atoms with van der Waals surface area (Å²) >= 11 is 0. The van der Waals surface area contributed by atoms with E-state index >= 15 is 0 Å². The zero-order chi connectivity index (χ0) is 17.3. The second-order valence-electron chi connectivity index (χ2n) is 5.98. The first-order valence-electron chi connectivity index (χ1n) is 7.81. The summed E-state index contributed by atoms with van der Waals surface area (Å²) in [6.07, 6.45) is 0.673. The van der Waals surface area contributed by atoms with E-state index < -0.39 is 10.0 Å². The minimum atomic E-state index is -3.49. The molecule has 4 nitrogen and oxygen atoms in total. The average Bonchev–Trinajstić information content (AvgIpc) is 2.56. The molecule has 0 saturated heterocycles. The lowest BCUT2D eigenvalue weighted by atomic mass is 9.95. The summed E-state index contributed by atoms with van der Waals surface area (Å²) < 4.78 is 45.4. The van der Waals surface area contributed by atoms with Crippen molar-refractivity contribution in [1.29, 1.82) is 0 Å². The van der Waals surface area contributed by atoms with Crippen molar-refractivity contribution in [2.45, 2.75) is 25.1 Å². The van der Waals surface area contributed by atoms with Crippen molar-refractivity contribution >= 4 is 10.0 Å². The van der Waals surface area contributed by atoms with Crippen molar-refractivity contribution in [3.05, 3.63) is 65.0 Å². The molecule has 0 fully saturated rings. The van der Waals surface area contributed by atoms with Crippen LogP contribution in [0.15, 0.2) is 42.5 Å². The van der Waals surface area contributed by atoms with Gasteiger partial charge in [0.2, 0.25) is 10.0 Å². The van der Waals surface area contributed by atoms with Gasteiger partial charge in [0.25, 0.3) is 0 Å². The van der Waals surface area contributed by atoms with Crippen LogP contribution in [-0.4, -0.2) is 26.4 Å². The smallest absolute Gasteiger partial charge is 0.218 e. The van der Waals surface area contributed by atoms with Gasteiger partial charge in [0, 0.05) is 12.6 Å². The third-order valence-corrected chi connectivity index (χ3v) is 6.37. The summed E-state index contributed by atoms with van der Waals surface area (Å²) in [6, 6.07) is 11.1. The molecule has 0 aliphatic carbocycles. The maximum Gasteiger partial charge on any atom is 0.218 e. The molecule has 1 aliphatic heterocycles. The zero-order valence-corrected chi connectivity index (χ0v) is 14.5. The zero-order valence-electron chi connectivity index (χ0n) is 13.7. The van der Waals surface area contributed by atoms with Gasteiger partial charge in [0.05, 0.1) is 12.9 Å². The van der Waals surface area contributed by atoms with Crippen LogP contribution in [0.4, 0.5) is 4.39 Å². The normalized spacial score (nSPS) is 18.2. The lowest BCUT2D eigenvalue weighted by Gasteiger charge is -2.34. The van der Waals surface area contributed by atoms with Gasteiger partial charge in [-0.3, -0.25) is 0 Å². The largest absolute Gasteiger partial charge is 0.497 e. The Morgan fingerprint density at radius 3 is 2.58 bits per heavy atom. The minimum Gasteiger partial charge on any atom is -0.497 e. The molecule has 0 bridgehead atoms. The molecule has 0 amide bonds. The van der Waals surface area contributed by atoms with Gasteiger partial charge >= 0.3 is 0 Å². The summed E-state index contributed by atoms with van der Waals surface area (Å²) in [6.45, 7) is 2.34. The topological polar surface area (TPSA) is 46.6 Å². The van der Waals surface area contributed by atoms with E-state index in [-0.39, 0.29) is 17.6 Å². The van der Waals surface area contributed by atoms with Crippen LogP contribution in [0.25, 0.3) is 0 Å². The molecule has 2 aromatic carbocycles. The van der Waals surface area contributed by atoms with Crippen molar-refractivity contribution < 1.29 is 17.5 Å². The molecule has 0 N–H and O–H groups in total. The van der Waals surface area contributed by atoms with E-state index in [1.54, 1.807) is 7.11 Å². The third kappa shape index (κ3) is 3.30. The van der Waals surface area contributed by atoms with E-state index in [9.17, 15) is 12.8 Å². The number of hydrogen-bond donors (Lipinski definition) is 0. The highest BCUT2D eigenvalue weighted by atomic mass is 32.2. The molecule has 128 valence electrons. The number of halogens is 1. The average molecular weight is 349 g/mol. The summed E-state index contributed by atoms with van der Waals surface area (Å²) in [5.41, 5.74) is 2.71. The van der Waals surface area contributed by atoms with Gasteiger partial charge in [0.1, 0.15) is 11.6 Å². The number of hydrogen-bond acceptors (Lipinski definition) is 3. The molecule has 1 aliphatic rings. The van der Waals surface area contributed by atoms with Crippen LogP contribution in [0.3, 0.4) is 0 Å². The molecule has 0 aromatic heterocycles. The second kappa shape index (κ2) is 6.53. The number of fused-ring (bicyclic) bond motifs is 1. The van der Waals surface area contributed by atoms with E-state index in [1.165, 1.54) is 28.6 Å². The van der Waals surface area contributed by atoms with Gasteiger partial charge in [-0.05, 0) is 54.3 Å². The Labute approximate surface area is 141 Å². The fraction of sp³-hybridized carbons (Fsp3) is 0.333. The first kappa shape index (κ1) is 16.9. The predicted molar refractivity (Wildman–Crippen MR) is 90.8 cm³/mol. The molecular formula is C18H20FNO3S. The van der Waals surface area contributed by atoms with Crippen LogP contribution in [0.5, 0.6) is 5.75 Å². The van der Waals surface area contributed by atoms with Crippen molar-refractivity contribution in [2.75, 3.05) is 13.7 Å². The molecule has 2 aromatic rings. The Balaban J connectivity index is 1.87.